The highest BCUT2D eigenvalue weighted by Gasteiger charge is 2.42. The number of carboxylic acids is 1. The third-order valence-electron chi connectivity index (χ3n) is 2.52. The Bertz CT molecular complexity index is 224. The molecule has 0 spiro atoms. The Morgan fingerprint density at radius 1 is 1.53 bits per heavy atom. The summed E-state index contributed by atoms with van der Waals surface area (Å²) in [6.07, 6.45) is 1.45. The largest absolute Gasteiger partial charge is 0.480 e. The lowest BCUT2D eigenvalue weighted by atomic mass is 9.80. The van der Waals surface area contributed by atoms with Gasteiger partial charge >= 0.3 is 5.97 Å². The maximum atomic E-state index is 11.4. The predicted octanol–water partition coefficient (Wildman–Crippen LogP) is 1.26. The highest BCUT2D eigenvalue weighted by atomic mass is 16.5. The van der Waals surface area contributed by atoms with Crippen molar-refractivity contribution >= 4 is 5.97 Å². The average molecular weight is 215 g/mol. The van der Waals surface area contributed by atoms with E-state index in [9.17, 15) is 9.90 Å². The number of aliphatic carboxylic acids is 1. The first-order chi connectivity index (χ1) is 6.86. The summed E-state index contributed by atoms with van der Waals surface area (Å²) in [6.45, 7) is 7.76. The van der Waals surface area contributed by atoms with E-state index in [-0.39, 0.29) is 12.0 Å². The molecular formula is C11H21NO3. The molecule has 1 unspecified atom stereocenters. The van der Waals surface area contributed by atoms with Crippen molar-refractivity contribution in [3.05, 3.63) is 0 Å². The molecule has 15 heavy (non-hydrogen) atoms. The molecule has 0 radical (unpaired) electrons. The van der Waals surface area contributed by atoms with Crippen LogP contribution >= 0.6 is 0 Å². The molecule has 1 aliphatic heterocycles. The Kier molecular flexibility index (Phi) is 3.73. The summed E-state index contributed by atoms with van der Waals surface area (Å²) in [4.78, 5) is 11.4. The zero-order chi connectivity index (χ0) is 11.5. The molecule has 88 valence electrons. The minimum atomic E-state index is -0.908. The van der Waals surface area contributed by atoms with Gasteiger partial charge in [-0.25, -0.2) is 0 Å². The van der Waals surface area contributed by atoms with Crippen molar-refractivity contribution < 1.29 is 14.6 Å². The molecule has 4 heteroatoms. The normalized spacial score (nSPS) is 28.5. The van der Waals surface area contributed by atoms with Crippen LogP contribution in [0.3, 0.4) is 0 Å². The fourth-order valence-electron chi connectivity index (χ4n) is 2.03. The van der Waals surface area contributed by atoms with Gasteiger partial charge in [0, 0.05) is 6.61 Å². The molecule has 0 aromatic heterocycles. The number of nitrogens with one attached hydrogen (secondary N) is 1. The molecule has 1 fully saturated rings. The predicted molar refractivity (Wildman–Crippen MR) is 57.9 cm³/mol. The van der Waals surface area contributed by atoms with E-state index in [0.29, 0.717) is 19.6 Å². The highest BCUT2D eigenvalue weighted by Crippen LogP contribution is 2.28. The molecule has 2 N–H and O–H groups in total. The minimum absolute atomic E-state index is 0.0287. The molecule has 1 aliphatic rings. The summed E-state index contributed by atoms with van der Waals surface area (Å²) in [6, 6.07) is 0. The van der Waals surface area contributed by atoms with E-state index in [1.165, 1.54) is 0 Å². The van der Waals surface area contributed by atoms with Gasteiger partial charge < -0.3 is 9.84 Å². The van der Waals surface area contributed by atoms with Crippen LogP contribution in [0.5, 0.6) is 0 Å². The second-order valence-electron chi connectivity index (χ2n) is 5.46. The topological polar surface area (TPSA) is 58.6 Å². The zero-order valence-corrected chi connectivity index (χ0v) is 9.80. The molecule has 4 nitrogen and oxygen atoms in total. The number of carboxylic acid groups (broad SMARTS) is 1. The summed E-state index contributed by atoms with van der Waals surface area (Å²) >= 11 is 0. The minimum Gasteiger partial charge on any atom is -0.480 e. The van der Waals surface area contributed by atoms with Crippen LogP contribution in [0.2, 0.25) is 0 Å². The van der Waals surface area contributed by atoms with E-state index in [1.807, 2.05) is 20.8 Å². The van der Waals surface area contributed by atoms with E-state index in [0.717, 1.165) is 6.42 Å². The Labute approximate surface area is 91.0 Å². The van der Waals surface area contributed by atoms with Crippen LogP contribution < -0.4 is 5.32 Å². The van der Waals surface area contributed by atoms with Crippen LogP contribution in [0.4, 0.5) is 0 Å². The molecule has 0 aliphatic carbocycles. The van der Waals surface area contributed by atoms with Gasteiger partial charge in [-0.1, -0.05) is 20.8 Å². The summed E-state index contributed by atoms with van der Waals surface area (Å²) < 4.78 is 5.37. The van der Waals surface area contributed by atoms with E-state index >= 15 is 0 Å². The second-order valence-corrected chi connectivity index (χ2v) is 5.46. The first-order valence-corrected chi connectivity index (χ1v) is 5.42. The van der Waals surface area contributed by atoms with Crippen LogP contribution in [0.1, 0.15) is 33.6 Å². The van der Waals surface area contributed by atoms with E-state index in [2.05, 4.69) is 5.32 Å². The maximum Gasteiger partial charge on any atom is 0.326 e. The van der Waals surface area contributed by atoms with E-state index in [4.69, 9.17) is 4.74 Å². The van der Waals surface area contributed by atoms with Crippen molar-refractivity contribution in [2.75, 3.05) is 19.8 Å². The fourth-order valence-corrected chi connectivity index (χ4v) is 2.03. The molecule has 0 aromatic rings. The Balaban J connectivity index is 2.81. The Hall–Kier alpha value is -0.610. The molecule has 0 bridgehead atoms. The van der Waals surface area contributed by atoms with Crippen molar-refractivity contribution in [2.45, 2.75) is 39.2 Å². The number of ether oxygens (including phenoxy) is 1. The van der Waals surface area contributed by atoms with Gasteiger partial charge in [0.15, 0.2) is 0 Å². The van der Waals surface area contributed by atoms with Crippen LogP contribution in [-0.2, 0) is 9.53 Å². The van der Waals surface area contributed by atoms with E-state index in [1.54, 1.807) is 0 Å². The van der Waals surface area contributed by atoms with Gasteiger partial charge in [0.25, 0.3) is 0 Å². The van der Waals surface area contributed by atoms with Crippen LogP contribution in [0, 0.1) is 5.41 Å². The van der Waals surface area contributed by atoms with Crippen molar-refractivity contribution in [1.29, 1.82) is 0 Å². The van der Waals surface area contributed by atoms with Crippen molar-refractivity contribution in [2.24, 2.45) is 5.41 Å². The molecule has 0 saturated carbocycles. The van der Waals surface area contributed by atoms with Crippen LogP contribution in [0.25, 0.3) is 0 Å². The molecule has 1 rings (SSSR count). The molecule has 0 aromatic carbocycles. The Morgan fingerprint density at radius 3 is 2.73 bits per heavy atom. The van der Waals surface area contributed by atoms with Gasteiger partial charge in [-0.15, -0.1) is 0 Å². The van der Waals surface area contributed by atoms with E-state index < -0.39 is 11.5 Å². The van der Waals surface area contributed by atoms with Gasteiger partial charge in [0.05, 0.1) is 6.61 Å². The number of rotatable bonds is 2. The molecule has 0 amide bonds. The first kappa shape index (κ1) is 12.5. The molecule has 1 saturated heterocycles. The van der Waals surface area contributed by atoms with Crippen molar-refractivity contribution in [3.63, 3.8) is 0 Å². The van der Waals surface area contributed by atoms with Gasteiger partial charge in [0.1, 0.15) is 5.54 Å². The fraction of sp³-hybridized carbons (Fsp3) is 0.909. The smallest absolute Gasteiger partial charge is 0.326 e. The lowest BCUT2D eigenvalue weighted by Gasteiger charge is -2.34. The third-order valence-corrected chi connectivity index (χ3v) is 2.52. The third kappa shape index (κ3) is 3.47. The molecule has 1 heterocycles. The average Bonchev–Trinajstić information content (AvgIpc) is 2.28. The number of carbonyl (C=O) groups is 1. The maximum absolute atomic E-state index is 11.4. The summed E-state index contributed by atoms with van der Waals surface area (Å²) in [5, 5.41) is 12.5. The SMILES string of the molecule is CC(C)(C)CC1(C(=O)O)COCCCN1. The summed E-state index contributed by atoms with van der Waals surface area (Å²) in [5.41, 5.74) is -0.937. The molecular weight excluding hydrogens is 194 g/mol. The molecule has 1 atom stereocenters. The standard InChI is InChI=1S/C11H21NO3/c1-10(2,3)7-11(9(13)14)8-15-6-4-5-12-11/h12H,4-8H2,1-3H3,(H,13,14). The zero-order valence-electron chi connectivity index (χ0n) is 9.80. The lowest BCUT2D eigenvalue weighted by Crippen LogP contribution is -2.56. The van der Waals surface area contributed by atoms with Crippen molar-refractivity contribution in [1.82, 2.24) is 5.32 Å². The summed E-state index contributed by atoms with van der Waals surface area (Å²) in [7, 11) is 0. The lowest BCUT2D eigenvalue weighted by molar-refractivity contribution is -0.148. The van der Waals surface area contributed by atoms with Crippen LogP contribution in [-0.4, -0.2) is 36.4 Å². The van der Waals surface area contributed by atoms with Crippen molar-refractivity contribution in [3.8, 4) is 0 Å². The number of hydrogen-bond acceptors (Lipinski definition) is 3. The van der Waals surface area contributed by atoms with Crippen LogP contribution in [0.15, 0.2) is 0 Å². The van der Waals surface area contributed by atoms with Gasteiger partial charge in [-0.05, 0) is 24.8 Å². The van der Waals surface area contributed by atoms with Gasteiger partial charge in [-0.2, -0.15) is 0 Å². The first-order valence-electron chi connectivity index (χ1n) is 5.42. The Morgan fingerprint density at radius 2 is 2.20 bits per heavy atom. The number of hydrogen-bond donors (Lipinski definition) is 2. The monoisotopic (exact) mass is 215 g/mol. The summed E-state index contributed by atoms with van der Waals surface area (Å²) in [5.74, 6) is -0.806. The van der Waals surface area contributed by atoms with Gasteiger partial charge in [-0.3, -0.25) is 10.1 Å². The second kappa shape index (κ2) is 4.49. The highest BCUT2D eigenvalue weighted by molar-refractivity contribution is 5.79. The quantitative estimate of drug-likeness (QED) is 0.728. The van der Waals surface area contributed by atoms with Gasteiger partial charge in [0.2, 0.25) is 0 Å².